The van der Waals surface area contributed by atoms with E-state index in [0.29, 0.717) is 12.4 Å². The van der Waals surface area contributed by atoms with Gasteiger partial charge in [0.25, 0.3) is 0 Å². The van der Waals surface area contributed by atoms with E-state index < -0.39 is 11.7 Å². The van der Waals surface area contributed by atoms with E-state index in [4.69, 9.17) is 4.74 Å². The fourth-order valence-corrected chi connectivity index (χ4v) is 3.82. The van der Waals surface area contributed by atoms with Gasteiger partial charge in [-0.25, -0.2) is 4.79 Å². The zero-order valence-corrected chi connectivity index (χ0v) is 15.6. The number of hydrogen-bond acceptors (Lipinski definition) is 7. The van der Waals surface area contributed by atoms with E-state index in [1.54, 1.807) is 11.3 Å². The van der Waals surface area contributed by atoms with Crippen molar-refractivity contribution in [2.24, 2.45) is 0 Å². The average Bonchev–Trinajstić information content (AvgIpc) is 3.13. The number of carbonyl (C=O) groups is 1. The molecule has 0 aliphatic heterocycles. The van der Waals surface area contributed by atoms with Crippen LogP contribution in [0.3, 0.4) is 0 Å². The molecule has 0 unspecified atom stereocenters. The van der Waals surface area contributed by atoms with Crippen LogP contribution in [-0.2, 0) is 11.3 Å². The summed E-state index contributed by atoms with van der Waals surface area (Å²) in [6.07, 6.45) is -0.441. The van der Waals surface area contributed by atoms with Gasteiger partial charge in [-0.2, -0.15) is 0 Å². The lowest BCUT2D eigenvalue weighted by molar-refractivity contribution is 0.0577. The van der Waals surface area contributed by atoms with Crippen LogP contribution in [0.15, 0.2) is 22.9 Å². The zero-order chi connectivity index (χ0) is 17.3. The number of amides is 1. The summed E-state index contributed by atoms with van der Waals surface area (Å²) in [7, 11) is 0. The number of rotatable bonds is 3. The van der Waals surface area contributed by atoms with Crippen molar-refractivity contribution in [2.75, 3.05) is 4.90 Å². The zero-order valence-electron chi connectivity index (χ0n) is 13.9. The summed E-state index contributed by atoms with van der Waals surface area (Å²) in [5, 5.41) is 16.0. The van der Waals surface area contributed by atoms with Crippen molar-refractivity contribution in [3.05, 3.63) is 33.3 Å². The molecule has 0 radical (unpaired) electrons. The third kappa shape index (κ3) is 3.54. The van der Waals surface area contributed by atoms with Crippen LogP contribution >= 0.6 is 22.7 Å². The molecule has 0 bridgehead atoms. The van der Waals surface area contributed by atoms with Crippen molar-refractivity contribution < 1.29 is 9.53 Å². The highest BCUT2D eigenvalue weighted by molar-refractivity contribution is 7.18. The summed E-state index contributed by atoms with van der Waals surface area (Å²) < 4.78 is 6.40. The Bertz CT molecular complexity index is 853. The van der Waals surface area contributed by atoms with Crippen molar-refractivity contribution in [3.8, 4) is 0 Å². The highest BCUT2D eigenvalue weighted by Crippen LogP contribution is 2.32. The Kier molecular flexibility index (Phi) is 4.51. The van der Waals surface area contributed by atoms with Gasteiger partial charge in [-0.3, -0.25) is 4.90 Å². The Hall–Kier alpha value is -2.06. The summed E-state index contributed by atoms with van der Waals surface area (Å²) in [4.78, 5) is 15.3. The first kappa shape index (κ1) is 16.8. The lowest BCUT2D eigenvalue weighted by atomic mass is 10.2. The summed E-state index contributed by atoms with van der Waals surface area (Å²) in [5.41, 5.74) is 1.20. The first-order valence-electron chi connectivity index (χ1n) is 7.45. The molecule has 3 aromatic rings. The molecule has 24 heavy (non-hydrogen) atoms. The van der Waals surface area contributed by atoms with Gasteiger partial charge in [-0.05, 0) is 55.3 Å². The third-order valence-corrected chi connectivity index (χ3v) is 5.14. The fourth-order valence-electron chi connectivity index (χ4n) is 2.15. The van der Waals surface area contributed by atoms with Crippen LogP contribution in [-0.4, -0.2) is 27.1 Å². The molecule has 1 amide bonds. The molecular formula is C16H18N4O2S2. The SMILES string of the molecule is Cc1csc2c(N(Cc3cccs3)C(=O)OC(C)(C)C)nnnc12. The Morgan fingerprint density at radius 1 is 1.29 bits per heavy atom. The molecule has 126 valence electrons. The predicted molar refractivity (Wildman–Crippen MR) is 96.7 cm³/mol. The summed E-state index contributed by atoms with van der Waals surface area (Å²) in [6.45, 7) is 7.89. The first-order valence-corrected chi connectivity index (χ1v) is 9.21. The van der Waals surface area contributed by atoms with Crippen molar-refractivity contribution in [2.45, 2.75) is 39.8 Å². The summed E-state index contributed by atoms with van der Waals surface area (Å²) in [5.74, 6) is 0.487. The van der Waals surface area contributed by atoms with Gasteiger partial charge in [0.15, 0.2) is 5.82 Å². The smallest absolute Gasteiger partial charge is 0.416 e. The highest BCUT2D eigenvalue weighted by atomic mass is 32.1. The number of aryl methyl sites for hydroxylation is 1. The van der Waals surface area contributed by atoms with Crippen molar-refractivity contribution >= 4 is 44.8 Å². The molecule has 0 fully saturated rings. The Balaban J connectivity index is 2.04. The standard InChI is InChI=1S/C16H18N4O2S2/c1-10-9-24-13-12(10)17-19-18-14(13)20(8-11-6-5-7-23-11)15(21)22-16(2,3)4/h5-7,9H,8H2,1-4H3. The molecule has 3 heterocycles. The van der Waals surface area contributed by atoms with Gasteiger partial charge in [-0.1, -0.05) is 6.07 Å². The number of carbonyl (C=O) groups excluding carboxylic acids is 1. The van der Waals surface area contributed by atoms with Crippen molar-refractivity contribution in [1.29, 1.82) is 0 Å². The quantitative estimate of drug-likeness (QED) is 0.691. The van der Waals surface area contributed by atoms with E-state index >= 15 is 0 Å². The van der Waals surface area contributed by atoms with Crippen LogP contribution in [0.4, 0.5) is 10.6 Å². The lowest BCUT2D eigenvalue weighted by Crippen LogP contribution is -2.37. The van der Waals surface area contributed by atoms with Crippen LogP contribution in [0.1, 0.15) is 31.2 Å². The van der Waals surface area contributed by atoms with Crippen molar-refractivity contribution in [1.82, 2.24) is 15.4 Å². The third-order valence-electron chi connectivity index (χ3n) is 3.19. The second-order valence-electron chi connectivity index (χ2n) is 6.36. The molecule has 0 N–H and O–H groups in total. The molecular weight excluding hydrogens is 344 g/mol. The molecule has 0 saturated carbocycles. The number of thiophene rings is 2. The van der Waals surface area contributed by atoms with Gasteiger partial charge in [0.1, 0.15) is 11.1 Å². The number of anilines is 1. The highest BCUT2D eigenvalue weighted by Gasteiger charge is 2.27. The normalized spacial score (nSPS) is 11.7. The molecule has 0 aromatic carbocycles. The van der Waals surface area contributed by atoms with E-state index in [1.807, 2.05) is 50.6 Å². The maximum atomic E-state index is 12.8. The van der Waals surface area contributed by atoms with Gasteiger partial charge >= 0.3 is 6.09 Å². The summed E-state index contributed by atoms with van der Waals surface area (Å²) >= 11 is 3.09. The average molecular weight is 362 g/mol. The molecule has 3 rings (SSSR count). The molecule has 8 heteroatoms. The molecule has 0 spiro atoms. The van der Waals surface area contributed by atoms with Crippen LogP contribution in [0.5, 0.6) is 0 Å². The number of ether oxygens (including phenoxy) is 1. The van der Waals surface area contributed by atoms with Gasteiger partial charge in [0, 0.05) is 4.88 Å². The van der Waals surface area contributed by atoms with Crippen LogP contribution < -0.4 is 4.90 Å². The van der Waals surface area contributed by atoms with E-state index in [2.05, 4.69) is 15.4 Å². The van der Waals surface area contributed by atoms with Gasteiger partial charge < -0.3 is 4.74 Å². The number of hydrogen-bond donors (Lipinski definition) is 0. The molecule has 3 aromatic heterocycles. The van der Waals surface area contributed by atoms with E-state index in [0.717, 1.165) is 20.7 Å². The lowest BCUT2D eigenvalue weighted by Gasteiger charge is -2.26. The fraction of sp³-hybridized carbons (Fsp3) is 0.375. The minimum atomic E-state index is -0.588. The minimum absolute atomic E-state index is 0.386. The van der Waals surface area contributed by atoms with Gasteiger partial charge in [-0.15, -0.1) is 32.9 Å². The van der Waals surface area contributed by atoms with Gasteiger partial charge in [0.2, 0.25) is 0 Å². The first-order chi connectivity index (χ1) is 11.3. The van der Waals surface area contributed by atoms with E-state index in [9.17, 15) is 4.79 Å². The van der Waals surface area contributed by atoms with Crippen LogP contribution in [0.2, 0.25) is 0 Å². The largest absolute Gasteiger partial charge is 0.443 e. The topological polar surface area (TPSA) is 68.2 Å². The second-order valence-corrected chi connectivity index (χ2v) is 8.27. The number of fused-ring (bicyclic) bond motifs is 1. The molecule has 0 saturated heterocycles. The van der Waals surface area contributed by atoms with Crippen LogP contribution in [0, 0.1) is 6.92 Å². The van der Waals surface area contributed by atoms with E-state index in [1.165, 1.54) is 16.2 Å². The predicted octanol–water partition coefficient (Wildman–Crippen LogP) is 4.40. The Morgan fingerprint density at radius 2 is 2.08 bits per heavy atom. The monoisotopic (exact) mass is 362 g/mol. The molecule has 0 atom stereocenters. The van der Waals surface area contributed by atoms with E-state index in [-0.39, 0.29) is 0 Å². The van der Waals surface area contributed by atoms with Gasteiger partial charge in [0.05, 0.1) is 11.2 Å². The maximum Gasteiger partial charge on any atom is 0.416 e. The minimum Gasteiger partial charge on any atom is -0.443 e. The molecule has 6 nitrogen and oxygen atoms in total. The Labute approximate surface area is 148 Å². The maximum absolute atomic E-state index is 12.8. The summed E-state index contributed by atoms with van der Waals surface area (Å²) in [6, 6.07) is 3.93. The van der Waals surface area contributed by atoms with Crippen molar-refractivity contribution in [3.63, 3.8) is 0 Å². The number of nitrogens with zero attached hydrogens (tertiary/aromatic N) is 4. The molecule has 0 aliphatic carbocycles. The Morgan fingerprint density at radius 3 is 2.75 bits per heavy atom. The second kappa shape index (κ2) is 6.45. The molecule has 0 aliphatic rings. The van der Waals surface area contributed by atoms with Crippen LogP contribution in [0.25, 0.3) is 10.2 Å². The number of aromatic nitrogens is 3.